The normalized spacial score (nSPS) is 20.9. The van der Waals surface area contributed by atoms with Crippen molar-refractivity contribution in [2.24, 2.45) is 0 Å². The predicted molar refractivity (Wildman–Crippen MR) is 108 cm³/mol. The van der Waals surface area contributed by atoms with Crippen molar-refractivity contribution in [3.63, 3.8) is 0 Å². The van der Waals surface area contributed by atoms with Crippen molar-refractivity contribution in [3.05, 3.63) is 48.0 Å². The molecular formula is C21H19N3O3S. The number of amides is 2. The Hall–Kier alpha value is -2.77. The average Bonchev–Trinajstić information content (AvgIpc) is 3.34. The molecule has 0 bridgehead atoms. The number of nitrogens with one attached hydrogen (secondary N) is 1. The predicted octanol–water partition coefficient (Wildman–Crippen LogP) is 3.64. The van der Waals surface area contributed by atoms with Crippen LogP contribution in [0.3, 0.4) is 0 Å². The molecule has 3 heterocycles. The molecule has 2 fully saturated rings. The number of carbonyl (C=O) groups is 2. The van der Waals surface area contributed by atoms with Crippen LogP contribution in [-0.2, 0) is 14.3 Å². The molecule has 142 valence electrons. The highest BCUT2D eigenvalue weighted by Gasteiger charge is 2.49. The fraction of sp³-hybridized carbons (Fsp3) is 0.286. The first kappa shape index (κ1) is 17.3. The zero-order valence-electron chi connectivity index (χ0n) is 15.1. The zero-order valence-corrected chi connectivity index (χ0v) is 15.9. The summed E-state index contributed by atoms with van der Waals surface area (Å²) in [7, 11) is 0. The van der Waals surface area contributed by atoms with Crippen LogP contribution in [0, 0.1) is 0 Å². The molecule has 2 amide bonds. The SMILES string of the molecule is O=C(CCN1C(=O)CCC2OC21)Nc1ccc(-c2ccc3ncsc3c2)cc1. The minimum absolute atomic E-state index is 0.0776. The summed E-state index contributed by atoms with van der Waals surface area (Å²) in [5.74, 6) is -0.0248. The highest BCUT2D eigenvalue weighted by molar-refractivity contribution is 7.16. The number of piperidine rings is 1. The van der Waals surface area contributed by atoms with Crippen molar-refractivity contribution in [3.8, 4) is 11.1 Å². The van der Waals surface area contributed by atoms with Crippen LogP contribution < -0.4 is 5.32 Å². The van der Waals surface area contributed by atoms with Crippen molar-refractivity contribution >= 4 is 39.1 Å². The van der Waals surface area contributed by atoms with Crippen LogP contribution in [0.1, 0.15) is 19.3 Å². The third-order valence-electron chi connectivity index (χ3n) is 5.24. The number of thiazole rings is 1. The summed E-state index contributed by atoms with van der Waals surface area (Å²) in [5, 5.41) is 2.90. The molecule has 2 atom stereocenters. The van der Waals surface area contributed by atoms with Gasteiger partial charge in [0.25, 0.3) is 0 Å². The van der Waals surface area contributed by atoms with Crippen molar-refractivity contribution in [2.45, 2.75) is 31.6 Å². The van der Waals surface area contributed by atoms with Gasteiger partial charge in [-0.2, -0.15) is 0 Å². The maximum absolute atomic E-state index is 12.3. The highest BCUT2D eigenvalue weighted by atomic mass is 32.1. The fourth-order valence-electron chi connectivity index (χ4n) is 3.65. The number of hydrogen-bond acceptors (Lipinski definition) is 5. The molecule has 1 aromatic heterocycles. The quantitative estimate of drug-likeness (QED) is 0.672. The third kappa shape index (κ3) is 3.39. The van der Waals surface area contributed by atoms with E-state index in [1.165, 1.54) is 0 Å². The maximum Gasteiger partial charge on any atom is 0.226 e. The summed E-state index contributed by atoms with van der Waals surface area (Å²) in [6.07, 6.45) is 1.65. The monoisotopic (exact) mass is 393 g/mol. The van der Waals surface area contributed by atoms with Gasteiger partial charge < -0.3 is 15.0 Å². The lowest BCUT2D eigenvalue weighted by atomic mass is 10.1. The van der Waals surface area contributed by atoms with Crippen LogP contribution in [-0.4, -0.2) is 40.6 Å². The van der Waals surface area contributed by atoms with Gasteiger partial charge in [0.05, 0.1) is 15.7 Å². The number of benzene rings is 2. The number of hydrogen-bond donors (Lipinski definition) is 1. The molecule has 28 heavy (non-hydrogen) atoms. The van der Waals surface area contributed by atoms with Gasteiger partial charge in [-0.25, -0.2) is 4.98 Å². The Bertz CT molecular complexity index is 1050. The van der Waals surface area contributed by atoms with Gasteiger partial charge in [0, 0.05) is 25.1 Å². The van der Waals surface area contributed by atoms with Gasteiger partial charge in [0.1, 0.15) is 6.10 Å². The Balaban J connectivity index is 1.20. The van der Waals surface area contributed by atoms with E-state index < -0.39 is 0 Å². The molecule has 1 N–H and O–H groups in total. The van der Waals surface area contributed by atoms with Crippen LogP contribution in [0.4, 0.5) is 5.69 Å². The van der Waals surface area contributed by atoms with Crippen LogP contribution in [0.5, 0.6) is 0 Å². The second kappa shape index (κ2) is 7.00. The molecule has 3 aromatic rings. The number of rotatable bonds is 5. The van der Waals surface area contributed by atoms with E-state index in [1.54, 1.807) is 16.2 Å². The molecule has 2 saturated heterocycles. The molecule has 5 rings (SSSR count). The Morgan fingerprint density at radius 1 is 1.21 bits per heavy atom. The zero-order chi connectivity index (χ0) is 19.1. The summed E-state index contributed by atoms with van der Waals surface area (Å²) in [6.45, 7) is 0.402. The van der Waals surface area contributed by atoms with E-state index in [2.05, 4.69) is 22.4 Å². The number of fused-ring (bicyclic) bond motifs is 2. The molecule has 2 unspecified atom stereocenters. The smallest absolute Gasteiger partial charge is 0.226 e. The van der Waals surface area contributed by atoms with Gasteiger partial charge >= 0.3 is 0 Å². The lowest BCUT2D eigenvalue weighted by molar-refractivity contribution is -0.134. The van der Waals surface area contributed by atoms with Gasteiger partial charge in [-0.15, -0.1) is 11.3 Å². The molecule has 2 aliphatic rings. The van der Waals surface area contributed by atoms with Crippen molar-refractivity contribution in [2.75, 3.05) is 11.9 Å². The minimum Gasteiger partial charge on any atom is -0.348 e. The lowest BCUT2D eigenvalue weighted by Gasteiger charge is -2.23. The Morgan fingerprint density at radius 3 is 2.89 bits per heavy atom. The van der Waals surface area contributed by atoms with E-state index in [0.29, 0.717) is 13.0 Å². The number of nitrogens with zero attached hydrogens (tertiary/aromatic N) is 2. The maximum atomic E-state index is 12.3. The lowest BCUT2D eigenvalue weighted by Crippen LogP contribution is -2.40. The van der Waals surface area contributed by atoms with E-state index in [-0.39, 0.29) is 30.6 Å². The van der Waals surface area contributed by atoms with Gasteiger partial charge in [-0.1, -0.05) is 18.2 Å². The Morgan fingerprint density at radius 2 is 2.04 bits per heavy atom. The van der Waals surface area contributed by atoms with E-state index in [4.69, 9.17) is 4.74 Å². The summed E-state index contributed by atoms with van der Waals surface area (Å²) < 4.78 is 6.61. The van der Waals surface area contributed by atoms with E-state index in [1.807, 2.05) is 35.8 Å². The van der Waals surface area contributed by atoms with Crippen LogP contribution >= 0.6 is 11.3 Å². The molecular weight excluding hydrogens is 374 g/mol. The number of anilines is 1. The summed E-state index contributed by atoms with van der Waals surface area (Å²) in [4.78, 5) is 30.2. The molecule has 0 saturated carbocycles. The van der Waals surface area contributed by atoms with Crippen LogP contribution in [0.25, 0.3) is 21.3 Å². The summed E-state index contributed by atoms with van der Waals surface area (Å²) in [6, 6.07) is 14.0. The molecule has 0 spiro atoms. The number of carbonyl (C=O) groups excluding carboxylic acids is 2. The first-order valence-corrected chi connectivity index (χ1v) is 10.2. The Labute approximate surface area is 166 Å². The third-order valence-corrected chi connectivity index (χ3v) is 6.03. The molecule has 0 radical (unpaired) electrons. The first-order chi connectivity index (χ1) is 13.7. The second-order valence-corrected chi connectivity index (χ2v) is 7.99. The molecule has 2 aromatic carbocycles. The number of epoxide rings is 1. The van der Waals surface area contributed by atoms with Crippen molar-refractivity contribution in [1.82, 2.24) is 9.88 Å². The molecule has 7 heteroatoms. The summed E-state index contributed by atoms with van der Waals surface area (Å²) >= 11 is 1.62. The van der Waals surface area contributed by atoms with Crippen molar-refractivity contribution in [1.29, 1.82) is 0 Å². The first-order valence-electron chi connectivity index (χ1n) is 9.36. The average molecular weight is 393 g/mol. The van der Waals surface area contributed by atoms with Gasteiger partial charge in [0.15, 0.2) is 6.23 Å². The van der Waals surface area contributed by atoms with E-state index in [9.17, 15) is 9.59 Å². The van der Waals surface area contributed by atoms with Gasteiger partial charge in [-0.3, -0.25) is 9.59 Å². The topological polar surface area (TPSA) is 74.8 Å². The number of ether oxygens (including phenoxy) is 1. The number of likely N-dealkylation sites (tertiary alicyclic amines) is 1. The molecule has 6 nitrogen and oxygen atoms in total. The largest absolute Gasteiger partial charge is 0.348 e. The fourth-order valence-corrected chi connectivity index (χ4v) is 4.36. The minimum atomic E-state index is -0.107. The highest BCUT2D eigenvalue weighted by Crippen LogP contribution is 2.35. The van der Waals surface area contributed by atoms with Crippen LogP contribution in [0.2, 0.25) is 0 Å². The van der Waals surface area contributed by atoms with Crippen LogP contribution in [0.15, 0.2) is 48.0 Å². The number of aromatic nitrogens is 1. The molecule has 2 aliphatic heterocycles. The van der Waals surface area contributed by atoms with E-state index in [0.717, 1.165) is 33.5 Å². The van der Waals surface area contributed by atoms with E-state index >= 15 is 0 Å². The Kier molecular flexibility index (Phi) is 4.33. The van der Waals surface area contributed by atoms with Crippen molar-refractivity contribution < 1.29 is 14.3 Å². The van der Waals surface area contributed by atoms with Gasteiger partial charge in [-0.05, 0) is 41.8 Å². The van der Waals surface area contributed by atoms with Gasteiger partial charge in [0.2, 0.25) is 11.8 Å². The second-order valence-electron chi connectivity index (χ2n) is 7.10. The standard InChI is InChI=1S/C21H19N3O3S/c25-19(9-10-24-20(26)8-7-17-21(24)27-17)23-15-4-1-13(2-5-15)14-3-6-16-18(11-14)28-12-22-16/h1-6,11-12,17,21H,7-10H2,(H,23,25). The summed E-state index contributed by atoms with van der Waals surface area (Å²) in [5.41, 5.74) is 5.81. The molecule has 0 aliphatic carbocycles.